The van der Waals surface area contributed by atoms with Gasteiger partial charge in [0, 0.05) is 36.3 Å². The second kappa shape index (κ2) is 9.27. The molecule has 6 nitrogen and oxygen atoms in total. The topological polar surface area (TPSA) is 73.9 Å². The highest BCUT2D eigenvalue weighted by Crippen LogP contribution is 2.40. The molecule has 0 spiro atoms. The zero-order valence-electron chi connectivity index (χ0n) is 18.5. The van der Waals surface area contributed by atoms with E-state index in [-0.39, 0.29) is 35.0 Å². The lowest BCUT2D eigenvalue weighted by molar-refractivity contribution is 0.0486. The zero-order valence-corrected chi connectivity index (χ0v) is 18.5. The monoisotopic (exact) mass is 461 g/mol. The lowest BCUT2D eigenvalue weighted by Crippen LogP contribution is -2.44. The maximum absolute atomic E-state index is 13.3. The van der Waals surface area contributed by atoms with Crippen LogP contribution in [-0.2, 0) is 10.2 Å². The summed E-state index contributed by atoms with van der Waals surface area (Å²) in [5, 5.41) is 3.05. The molecular formula is C27H24FNO5. The molecule has 2 aliphatic heterocycles. The van der Waals surface area contributed by atoms with E-state index in [4.69, 9.17) is 14.2 Å². The second-order valence-corrected chi connectivity index (χ2v) is 8.53. The van der Waals surface area contributed by atoms with Crippen LogP contribution in [0.2, 0.25) is 0 Å². The number of hydrogen-bond donors (Lipinski definition) is 1. The van der Waals surface area contributed by atoms with Gasteiger partial charge >= 0.3 is 0 Å². The molecule has 0 bridgehead atoms. The van der Waals surface area contributed by atoms with Crippen LogP contribution in [0.1, 0.15) is 44.7 Å². The Kier molecular flexibility index (Phi) is 6.02. The van der Waals surface area contributed by atoms with Crippen LogP contribution >= 0.6 is 0 Å². The van der Waals surface area contributed by atoms with E-state index in [1.165, 1.54) is 24.3 Å². The van der Waals surface area contributed by atoms with E-state index in [2.05, 4.69) is 5.32 Å². The lowest BCUT2D eigenvalue weighted by Gasteiger charge is -2.38. The van der Waals surface area contributed by atoms with Gasteiger partial charge in [-0.15, -0.1) is 0 Å². The molecule has 0 aliphatic carbocycles. The van der Waals surface area contributed by atoms with Crippen molar-refractivity contribution in [2.45, 2.75) is 18.3 Å². The molecule has 1 saturated heterocycles. The van der Waals surface area contributed by atoms with Crippen molar-refractivity contribution in [1.29, 1.82) is 0 Å². The van der Waals surface area contributed by atoms with E-state index >= 15 is 0 Å². The Labute approximate surface area is 196 Å². The normalized spacial score (nSPS) is 16.1. The number of ketones is 1. The van der Waals surface area contributed by atoms with Crippen molar-refractivity contribution < 1.29 is 28.2 Å². The molecule has 0 unspecified atom stereocenters. The molecule has 0 aromatic heterocycles. The number of halogens is 1. The summed E-state index contributed by atoms with van der Waals surface area (Å²) in [4.78, 5) is 26.3. The van der Waals surface area contributed by atoms with E-state index in [1.54, 1.807) is 24.3 Å². The minimum Gasteiger partial charge on any atom is -0.454 e. The second-order valence-electron chi connectivity index (χ2n) is 8.53. The van der Waals surface area contributed by atoms with Gasteiger partial charge in [0.05, 0.1) is 5.56 Å². The van der Waals surface area contributed by atoms with Crippen molar-refractivity contribution in [3.05, 3.63) is 94.8 Å². The Hall–Kier alpha value is -3.71. The van der Waals surface area contributed by atoms with Gasteiger partial charge in [-0.1, -0.05) is 24.3 Å². The average Bonchev–Trinajstić information content (AvgIpc) is 3.36. The fourth-order valence-electron chi connectivity index (χ4n) is 4.54. The number of ether oxygens (including phenoxy) is 3. The Morgan fingerprint density at radius 1 is 0.882 bits per heavy atom. The third-order valence-corrected chi connectivity index (χ3v) is 6.54. The van der Waals surface area contributed by atoms with Crippen LogP contribution in [0.25, 0.3) is 0 Å². The third-order valence-electron chi connectivity index (χ3n) is 6.54. The summed E-state index contributed by atoms with van der Waals surface area (Å²) in [6.45, 7) is 1.76. The van der Waals surface area contributed by atoms with Crippen molar-refractivity contribution in [2.75, 3.05) is 26.6 Å². The number of benzene rings is 3. The van der Waals surface area contributed by atoms with Gasteiger partial charge in [0.2, 0.25) is 6.79 Å². The summed E-state index contributed by atoms with van der Waals surface area (Å²) in [6.07, 6.45) is 1.48. The number of carbonyl (C=O) groups is 2. The first-order valence-corrected chi connectivity index (χ1v) is 11.2. The molecule has 34 heavy (non-hydrogen) atoms. The highest BCUT2D eigenvalue weighted by atomic mass is 19.1. The van der Waals surface area contributed by atoms with E-state index in [0.29, 0.717) is 36.8 Å². The van der Waals surface area contributed by atoms with E-state index in [1.807, 2.05) is 18.2 Å². The van der Waals surface area contributed by atoms with Crippen LogP contribution in [0.5, 0.6) is 11.5 Å². The number of amides is 1. The van der Waals surface area contributed by atoms with Gasteiger partial charge in [0.25, 0.3) is 5.91 Å². The van der Waals surface area contributed by atoms with Gasteiger partial charge in [0.1, 0.15) is 5.82 Å². The molecule has 3 aromatic carbocycles. The molecule has 3 aromatic rings. The third kappa shape index (κ3) is 4.26. The Morgan fingerprint density at radius 3 is 2.35 bits per heavy atom. The van der Waals surface area contributed by atoms with Gasteiger partial charge in [-0.25, -0.2) is 4.39 Å². The molecule has 174 valence electrons. The van der Waals surface area contributed by atoms with Gasteiger partial charge in [0.15, 0.2) is 17.3 Å². The highest BCUT2D eigenvalue weighted by molar-refractivity contribution is 6.15. The molecule has 0 saturated carbocycles. The predicted molar refractivity (Wildman–Crippen MR) is 123 cm³/mol. The van der Waals surface area contributed by atoms with Gasteiger partial charge in [-0.05, 0) is 60.9 Å². The minimum absolute atomic E-state index is 0.199. The number of rotatable bonds is 6. The maximum Gasteiger partial charge on any atom is 0.252 e. The predicted octanol–water partition coefficient (Wildman–Crippen LogP) is 4.26. The lowest BCUT2D eigenvalue weighted by atomic mass is 9.74. The standard InChI is InChI=1S/C27H24FNO5/c28-20-8-5-18(6-9-20)25(30)21-3-1-2-4-22(21)26(31)29-16-27(11-13-32-14-12-27)19-7-10-23-24(15-19)34-17-33-23/h1-10,15H,11-14,16-17H2,(H,29,31). The van der Waals surface area contributed by atoms with Crippen molar-refractivity contribution in [3.8, 4) is 11.5 Å². The van der Waals surface area contributed by atoms with Crippen LogP contribution in [0.4, 0.5) is 4.39 Å². The van der Waals surface area contributed by atoms with Crippen LogP contribution in [0.15, 0.2) is 66.7 Å². The number of hydrogen-bond acceptors (Lipinski definition) is 5. The SMILES string of the molecule is O=C(NCC1(c2ccc3c(c2)OCO3)CCOCC1)c1ccccc1C(=O)c1ccc(F)cc1. The quantitative estimate of drug-likeness (QED) is 0.555. The summed E-state index contributed by atoms with van der Waals surface area (Å²) in [6, 6.07) is 17.9. The molecule has 1 amide bonds. The van der Waals surface area contributed by atoms with Gasteiger partial charge in [-0.3, -0.25) is 9.59 Å². The van der Waals surface area contributed by atoms with E-state index in [0.717, 1.165) is 18.4 Å². The number of nitrogens with one attached hydrogen (secondary N) is 1. The fraction of sp³-hybridized carbons (Fsp3) is 0.259. The smallest absolute Gasteiger partial charge is 0.252 e. The Balaban J connectivity index is 1.39. The van der Waals surface area contributed by atoms with Crippen molar-refractivity contribution >= 4 is 11.7 Å². The molecule has 2 heterocycles. The van der Waals surface area contributed by atoms with Crippen LogP contribution in [0.3, 0.4) is 0 Å². The highest BCUT2D eigenvalue weighted by Gasteiger charge is 2.36. The summed E-state index contributed by atoms with van der Waals surface area (Å²) in [7, 11) is 0. The molecule has 1 N–H and O–H groups in total. The average molecular weight is 461 g/mol. The first-order chi connectivity index (χ1) is 16.6. The fourth-order valence-corrected chi connectivity index (χ4v) is 4.54. The van der Waals surface area contributed by atoms with Crippen molar-refractivity contribution in [3.63, 3.8) is 0 Å². The Bertz CT molecular complexity index is 1220. The summed E-state index contributed by atoms with van der Waals surface area (Å²) in [5.41, 5.74) is 1.60. The van der Waals surface area contributed by atoms with E-state index < -0.39 is 5.82 Å². The molecule has 0 atom stereocenters. The van der Waals surface area contributed by atoms with Crippen molar-refractivity contribution in [2.24, 2.45) is 0 Å². The number of fused-ring (bicyclic) bond motifs is 1. The molecule has 5 rings (SSSR count). The zero-order chi connectivity index (χ0) is 23.5. The summed E-state index contributed by atoms with van der Waals surface area (Å²) in [5.74, 6) is 0.320. The molecule has 7 heteroatoms. The minimum atomic E-state index is -0.423. The van der Waals surface area contributed by atoms with Crippen LogP contribution in [-0.4, -0.2) is 38.2 Å². The molecule has 1 fully saturated rings. The van der Waals surface area contributed by atoms with Crippen LogP contribution in [0, 0.1) is 5.82 Å². The summed E-state index contributed by atoms with van der Waals surface area (Å²) >= 11 is 0. The maximum atomic E-state index is 13.3. The summed E-state index contributed by atoms with van der Waals surface area (Å²) < 4.78 is 29.9. The van der Waals surface area contributed by atoms with Crippen molar-refractivity contribution in [1.82, 2.24) is 5.32 Å². The number of carbonyl (C=O) groups excluding carboxylic acids is 2. The van der Waals surface area contributed by atoms with E-state index in [9.17, 15) is 14.0 Å². The molecular weight excluding hydrogens is 437 g/mol. The van der Waals surface area contributed by atoms with Crippen LogP contribution < -0.4 is 14.8 Å². The Morgan fingerprint density at radius 2 is 1.59 bits per heavy atom. The largest absolute Gasteiger partial charge is 0.454 e. The van der Waals surface area contributed by atoms with Gasteiger partial charge < -0.3 is 19.5 Å². The van der Waals surface area contributed by atoms with Gasteiger partial charge in [-0.2, -0.15) is 0 Å². The first kappa shape index (κ1) is 22.1. The first-order valence-electron chi connectivity index (χ1n) is 11.2. The molecule has 2 aliphatic rings. The molecule has 0 radical (unpaired) electrons.